The summed E-state index contributed by atoms with van der Waals surface area (Å²) in [7, 11) is -2.63. The fraction of sp³-hybridized carbons (Fsp3) is 0.222. The second-order valence-electron chi connectivity index (χ2n) is 5.66. The molecule has 0 aliphatic carbocycles. The molecule has 28 heavy (non-hydrogen) atoms. The number of carbonyl (C=O) groups is 2. The van der Waals surface area contributed by atoms with Crippen LogP contribution < -0.4 is 10.0 Å². The summed E-state index contributed by atoms with van der Waals surface area (Å²) in [5.74, 6) is -1.72. The average molecular weight is 429 g/mol. The molecule has 1 amide bonds. The van der Waals surface area contributed by atoms with Crippen molar-refractivity contribution >= 4 is 33.5 Å². The zero-order valence-electron chi connectivity index (χ0n) is 14.9. The van der Waals surface area contributed by atoms with E-state index in [9.17, 15) is 22.4 Å². The smallest absolute Gasteiger partial charge is 0.338 e. The molecule has 0 radical (unpaired) electrons. The number of sulfonamides is 1. The highest BCUT2D eigenvalue weighted by atomic mass is 35.5. The van der Waals surface area contributed by atoms with Gasteiger partial charge in [0.05, 0.1) is 10.6 Å². The van der Waals surface area contributed by atoms with Crippen molar-refractivity contribution in [2.75, 3.05) is 20.2 Å². The molecule has 150 valence electrons. The lowest BCUT2D eigenvalue weighted by Gasteiger charge is -2.09. The number of rotatable bonds is 8. The molecule has 0 spiro atoms. The van der Waals surface area contributed by atoms with E-state index in [1.54, 1.807) is 12.1 Å². The van der Waals surface area contributed by atoms with Crippen molar-refractivity contribution < 1.29 is 27.1 Å². The molecule has 0 saturated carbocycles. The molecule has 0 fully saturated rings. The maximum absolute atomic E-state index is 12.8. The third kappa shape index (κ3) is 6.01. The molecule has 2 aromatic carbocycles. The molecule has 0 heterocycles. The van der Waals surface area contributed by atoms with Gasteiger partial charge in [-0.05, 0) is 49.4 Å². The number of hydrogen-bond donors (Lipinski definition) is 2. The van der Waals surface area contributed by atoms with Crippen LogP contribution in [0.5, 0.6) is 0 Å². The lowest BCUT2D eigenvalue weighted by atomic mass is 10.1. The summed E-state index contributed by atoms with van der Waals surface area (Å²) in [4.78, 5) is 23.6. The summed E-state index contributed by atoms with van der Waals surface area (Å²) in [5, 5.41) is 2.52. The summed E-state index contributed by atoms with van der Waals surface area (Å²) in [6.07, 6.45) is 0.488. The number of nitrogens with one attached hydrogen (secondary N) is 2. The van der Waals surface area contributed by atoms with Gasteiger partial charge in [-0.25, -0.2) is 22.3 Å². The van der Waals surface area contributed by atoms with Gasteiger partial charge in [-0.3, -0.25) is 4.79 Å². The maximum Gasteiger partial charge on any atom is 0.338 e. The van der Waals surface area contributed by atoms with Gasteiger partial charge in [0.25, 0.3) is 5.91 Å². The second kappa shape index (κ2) is 9.63. The minimum atomic E-state index is -3.85. The molecular weight excluding hydrogens is 411 g/mol. The minimum absolute atomic E-state index is 0.0514. The Bertz CT molecular complexity index is 964. The highest BCUT2D eigenvalue weighted by Crippen LogP contribution is 2.22. The van der Waals surface area contributed by atoms with E-state index < -0.39 is 28.5 Å². The summed E-state index contributed by atoms with van der Waals surface area (Å²) < 4.78 is 43.6. The first-order chi connectivity index (χ1) is 13.2. The molecule has 2 aromatic rings. The first-order valence-electron chi connectivity index (χ1n) is 8.14. The fourth-order valence-electron chi connectivity index (χ4n) is 2.21. The van der Waals surface area contributed by atoms with Crippen molar-refractivity contribution in [3.05, 3.63) is 64.4 Å². The van der Waals surface area contributed by atoms with Crippen LogP contribution in [0.15, 0.2) is 47.4 Å². The van der Waals surface area contributed by atoms with Crippen LogP contribution in [0, 0.1) is 5.82 Å². The molecule has 2 N–H and O–H groups in total. The van der Waals surface area contributed by atoms with E-state index in [0.717, 1.165) is 11.6 Å². The first-order valence-corrected chi connectivity index (χ1v) is 10.0. The zero-order valence-corrected chi connectivity index (χ0v) is 16.4. The van der Waals surface area contributed by atoms with Gasteiger partial charge in [-0.2, -0.15) is 0 Å². The van der Waals surface area contributed by atoms with Crippen molar-refractivity contribution in [3.8, 4) is 0 Å². The number of hydrogen-bond acceptors (Lipinski definition) is 5. The van der Waals surface area contributed by atoms with Crippen molar-refractivity contribution in [1.82, 2.24) is 10.0 Å². The molecule has 0 bridgehead atoms. The lowest BCUT2D eigenvalue weighted by Crippen LogP contribution is -2.30. The van der Waals surface area contributed by atoms with Gasteiger partial charge >= 0.3 is 5.97 Å². The number of ether oxygens (including phenoxy) is 1. The Morgan fingerprint density at radius 3 is 2.46 bits per heavy atom. The van der Waals surface area contributed by atoms with Gasteiger partial charge < -0.3 is 10.1 Å². The summed E-state index contributed by atoms with van der Waals surface area (Å²) in [6, 6.07) is 9.50. The highest BCUT2D eigenvalue weighted by Gasteiger charge is 2.19. The largest absolute Gasteiger partial charge is 0.452 e. The zero-order chi connectivity index (χ0) is 20.7. The van der Waals surface area contributed by atoms with Crippen LogP contribution in [0.4, 0.5) is 4.39 Å². The van der Waals surface area contributed by atoms with Crippen LogP contribution in [0.1, 0.15) is 15.9 Å². The molecule has 0 aliphatic heterocycles. The monoisotopic (exact) mass is 428 g/mol. The normalized spacial score (nSPS) is 11.1. The number of amides is 1. The number of esters is 1. The van der Waals surface area contributed by atoms with Gasteiger partial charge in [0, 0.05) is 6.54 Å². The van der Waals surface area contributed by atoms with Crippen LogP contribution in [-0.4, -0.2) is 40.5 Å². The molecule has 0 atom stereocenters. The Kier molecular flexibility index (Phi) is 7.50. The van der Waals surface area contributed by atoms with E-state index >= 15 is 0 Å². The Hall–Kier alpha value is -2.49. The van der Waals surface area contributed by atoms with Gasteiger partial charge in [0.2, 0.25) is 10.0 Å². The van der Waals surface area contributed by atoms with Gasteiger partial charge in [0.1, 0.15) is 10.7 Å². The molecule has 2 rings (SSSR count). The van der Waals surface area contributed by atoms with Crippen molar-refractivity contribution in [3.63, 3.8) is 0 Å². The van der Waals surface area contributed by atoms with Crippen LogP contribution >= 0.6 is 11.6 Å². The topological polar surface area (TPSA) is 102 Å². The third-order valence-electron chi connectivity index (χ3n) is 3.71. The quantitative estimate of drug-likeness (QED) is 0.625. The van der Waals surface area contributed by atoms with E-state index in [1.165, 1.54) is 31.3 Å². The summed E-state index contributed by atoms with van der Waals surface area (Å²) >= 11 is 5.85. The highest BCUT2D eigenvalue weighted by molar-refractivity contribution is 7.89. The summed E-state index contributed by atoms with van der Waals surface area (Å²) in [6.45, 7) is -0.244. The van der Waals surface area contributed by atoms with Gasteiger partial charge in [-0.15, -0.1) is 0 Å². The molecular formula is C18H18ClFN2O5S. The minimum Gasteiger partial charge on any atom is -0.452 e. The fourth-order valence-corrected chi connectivity index (χ4v) is 3.46. The lowest BCUT2D eigenvalue weighted by molar-refractivity contribution is -0.124. The van der Waals surface area contributed by atoms with Crippen LogP contribution in [-0.2, 0) is 26.0 Å². The Labute approximate surface area is 166 Å². The summed E-state index contributed by atoms with van der Waals surface area (Å²) in [5.41, 5.74) is 0.787. The van der Waals surface area contributed by atoms with Crippen molar-refractivity contribution in [2.24, 2.45) is 0 Å². The number of halogens is 2. The number of benzene rings is 2. The average Bonchev–Trinajstić information content (AvgIpc) is 2.68. The van der Waals surface area contributed by atoms with E-state index in [2.05, 4.69) is 10.0 Å². The van der Waals surface area contributed by atoms with E-state index in [4.69, 9.17) is 16.3 Å². The number of carbonyl (C=O) groups excluding carboxylic acids is 2. The standard InChI is InChI=1S/C18H18ClFN2O5S/c1-21-28(25,26)16-10-13(4-7-15(16)19)18(24)27-11-17(23)22-9-8-12-2-5-14(20)6-3-12/h2-7,10,21H,8-9,11H2,1H3,(H,22,23). The molecule has 7 nitrogen and oxygen atoms in total. The Morgan fingerprint density at radius 1 is 1.14 bits per heavy atom. The third-order valence-corrected chi connectivity index (χ3v) is 5.60. The van der Waals surface area contributed by atoms with E-state index in [1.807, 2.05) is 0 Å². The second-order valence-corrected chi connectivity index (χ2v) is 7.92. The molecule has 0 saturated heterocycles. The van der Waals surface area contributed by atoms with E-state index in [-0.39, 0.29) is 27.8 Å². The van der Waals surface area contributed by atoms with Crippen LogP contribution in [0.3, 0.4) is 0 Å². The van der Waals surface area contributed by atoms with Crippen LogP contribution in [0.2, 0.25) is 5.02 Å². The molecule has 10 heteroatoms. The van der Waals surface area contributed by atoms with Crippen molar-refractivity contribution in [2.45, 2.75) is 11.3 Å². The van der Waals surface area contributed by atoms with Gasteiger partial charge in [0.15, 0.2) is 6.61 Å². The van der Waals surface area contributed by atoms with Crippen molar-refractivity contribution in [1.29, 1.82) is 0 Å². The predicted molar refractivity (Wildman–Crippen MR) is 101 cm³/mol. The van der Waals surface area contributed by atoms with E-state index in [0.29, 0.717) is 6.42 Å². The maximum atomic E-state index is 12.8. The predicted octanol–water partition coefficient (Wildman–Crippen LogP) is 1.90. The van der Waals surface area contributed by atoms with Gasteiger partial charge in [-0.1, -0.05) is 23.7 Å². The Morgan fingerprint density at radius 2 is 1.82 bits per heavy atom. The van der Waals surface area contributed by atoms with Crippen LogP contribution in [0.25, 0.3) is 0 Å². The molecule has 0 aromatic heterocycles. The SMILES string of the molecule is CNS(=O)(=O)c1cc(C(=O)OCC(=O)NCCc2ccc(F)cc2)ccc1Cl. The molecule has 0 unspecified atom stereocenters. The Balaban J connectivity index is 1.87. The first kappa shape index (κ1) is 21.8. The molecule has 0 aliphatic rings.